The van der Waals surface area contributed by atoms with Crippen LogP contribution < -0.4 is 14.8 Å². The van der Waals surface area contributed by atoms with Gasteiger partial charge in [-0.3, -0.25) is 9.59 Å². The molecule has 6 heteroatoms. The summed E-state index contributed by atoms with van der Waals surface area (Å²) in [6.45, 7) is 4.16. The second kappa shape index (κ2) is 12.3. The second-order valence-corrected chi connectivity index (χ2v) is 8.71. The number of benzene rings is 2. The summed E-state index contributed by atoms with van der Waals surface area (Å²) >= 11 is 0. The number of rotatable bonds is 10. The minimum Gasteiger partial charge on any atom is -0.493 e. The van der Waals surface area contributed by atoms with E-state index in [1.54, 1.807) is 24.1 Å². The molecule has 3 rings (SSSR count). The Balaban J connectivity index is 1.76. The van der Waals surface area contributed by atoms with Crippen molar-refractivity contribution < 1.29 is 19.1 Å². The Morgan fingerprint density at radius 3 is 2.33 bits per heavy atom. The first kappa shape index (κ1) is 24.6. The van der Waals surface area contributed by atoms with Crippen LogP contribution in [0.15, 0.2) is 48.5 Å². The summed E-state index contributed by atoms with van der Waals surface area (Å²) in [4.78, 5) is 28.3. The normalized spacial score (nSPS) is 14.9. The van der Waals surface area contributed by atoms with Crippen molar-refractivity contribution in [1.29, 1.82) is 0 Å². The van der Waals surface area contributed by atoms with Gasteiger partial charge in [-0.2, -0.15) is 0 Å². The SMILES string of the molecule is CC[C@H](C(=O)NC1CCCCC1)N(Cc1ccc(C)cc1)C(=O)COc1ccccc1OC. The molecule has 178 valence electrons. The molecule has 0 aliphatic heterocycles. The van der Waals surface area contributed by atoms with Gasteiger partial charge in [0.2, 0.25) is 5.91 Å². The van der Waals surface area contributed by atoms with E-state index in [0.29, 0.717) is 24.5 Å². The Morgan fingerprint density at radius 1 is 1.03 bits per heavy atom. The topological polar surface area (TPSA) is 67.9 Å². The van der Waals surface area contributed by atoms with Crippen molar-refractivity contribution in [2.45, 2.75) is 71.0 Å². The van der Waals surface area contributed by atoms with Crippen molar-refractivity contribution >= 4 is 11.8 Å². The predicted molar refractivity (Wildman–Crippen MR) is 129 cm³/mol. The third kappa shape index (κ3) is 6.98. The standard InChI is InChI=1S/C27H36N2O4/c1-4-23(27(31)28-22-10-6-5-7-11-22)29(18-21-16-14-20(2)15-17-21)26(30)19-33-25-13-9-8-12-24(25)32-3/h8-9,12-17,22-23H,4-7,10-11,18-19H2,1-3H3,(H,28,31)/t23-/m1/s1. The quantitative estimate of drug-likeness (QED) is 0.570. The number of nitrogens with zero attached hydrogens (tertiary/aromatic N) is 1. The van der Waals surface area contributed by atoms with Crippen molar-refractivity contribution in [2.24, 2.45) is 0 Å². The molecule has 2 aromatic rings. The minimum absolute atomic E-state index is 0.0813. The Bertz CT molecular complexity index is 907. The number of carbonyl (C=O) groups excluding carboxylic acids is 2. The highest BCUT2D eigenvalue weighted by Gasteiger charge is 2.30. The molecule has 2 aromatic carbocycles. The van der Waals surface area contributed by atoms with Crippen molar-refractivity contribution in [2.75, 3.05) is 13.7 Å². The molecule has 0 heterocycles. The maximum Gasteiger partial charge on any atom is 0.261 e. The smallest absolute Gasteiger partial charge is 0.261 e. The zero-order valence-electron chi connectivity index (χ0n) is 20.0. The summed E-state index contributed by atoms with van der Waals surface area (Å²) in [6, 6.07) is 14.9. The summed E-state index contributed by atoms with van der Waals surface area (Å²) in [7, 11) is 1.57. The Hall–Kier alpha value is -3.02. The fraction of sp³-hybridized carbons (Fsp3) is 0.481. The van der Waals surface area contributed by atoms with Crippen LogP contribution in [-0.4, -0.2) is 42.5 Å². The number of hydrogen-bond donors (Lipinski definition) is 1. The fourth-order valence-corrected chi connectivity index (χ4v) is 4.31. The number of hydrogen-bond acceptors (Lipinski definition) is 4. The van der Waals surface area contributed by atoms with Gasteiger partial charge >= 0.3 is 0 Å². The molecule has 0 spiro atoms. The Morgan fingerprint density at radius 2 is 1.70 bits per heavy atom. The molecule has 1 atom stereocenters. The van der Waals surface area contributed by atoms with Gasteiger partial charge in [-0.05, 0) is 43.9 Å². The van der Waals surface area contributed by atoms with E-state index in [4.69, 9.17) is 9.47 Å². The van der Waals surface area contributed by atoms with Gasteiger partial charge in [-0.1, -0.05) is 68.1 Å². The molecule has 1 aliphatic rings. The zero-order valence-corrected chi connectivity index (χ0v) is 20.0. The number of para-hydroxylation sites is 2. The summed E-state index contributed by atoms with van der Waals surface area (Å²) in [5.74, 6) is 0.759. The number of amides is 2. The molecular weight excluding hydrogens is 416 g/mol. The number of aryl methyl sites for hydroxylation is 1. The molecule has 1 N–H and O–H groups in total. The van der Waals surface area contributed by atoms with E-state index in [9.17, 15) is 9.59 Å². The van der Waals surface area contributed by atoms with E-state index in [2.05, 4.69) is 5.32 Å². The van der Waals surface area contributed by atoms with E-state index < -0.39 is 6.04 Å². The lowest BCUT2D eigenvalue weighted by molar-refractivity contribution is -0.143. The van der Waals surface area contributed by atoms with Crippen molar-refractivity contribution in [3.8, 4) is 11.5 Å². The number of nitrogens with one attached hydrogen (secondary N) is 1. The third-order valence-corrected chi connectivity index (χ3v) is 6.23. The third-order valence-electron chi connectivity index (χ3n) is 6.23. The van der Waals surface area contributed by atoms with E-state index in [1.165, 1.54) is 6.42 Å². The lowest BCUT2D eigenvalue weighted by atomic mass is 9.95. The molecule has 0 bridgehead atoms. The average Bonchev–Trinajstić information content (AvgIpc) is 2.84. The molecule has 6 nitrogen and oxygen atoms in total. The Kier molecular flexibility index (Phi) is 9.16. The highest BCUT2D eigenvalue weighted by atomic mass is 16.5. The molecule has 1 aliphatic carbocycles. The fourth-order valence-electron chi connectivity index (χ4n) is 4.31. The summed E-state index contributed by atoms with van der Waals surface area (Å²) < 4.78 is 11.1. The van der Waals surface area contributed by atoms with Gasteiger partial charge < -0.3 is 19.7 Å². The molecular formula is C27H36N2O4. The van der Waals surface area contributed by atoms with Crippen molar-refractivity contribution in [3.05, 3.63) is 59.7 Å². The number of ether oxygens (including phenoxy) is 2. The van der Waals surface area contributed by atoms with E-state index >= 15 is 0 Å². The van der Waals surface area contributed by atoms with Crippen LogP contribution >= 0.6 is 0 Å². The van der Waals surface area contributed by atoms with Crippen LogP contribution in [0.4, 0.5) is 0 Å². The highest BCUT2D eigenvalue weighted by Crippen LogP contribution is 2.26. The van der Waals surface area contributed by atoms with Gasteiger partial charge in [0.25, 0.3) is 5.91 Å². The maximum atomic E-state index is 13.4. The summed E-state index contributed by atoms with van der Waals surface area (Å²) in [6.07, 6.45) is 6.05. The van der Waals surface area contributed by atoms with E-state index in [1.807, 2.05) is 50.2 Å². The van der Waals surface area contributed by atoms with Gasteiger partial charge in [0.15, 0.2) is 18.1 Å². The summed E-state index contributed by atoms with van der Waals surface area (Å²) in [5.41, 5.74) is 2.13. The first-order valence-electron chi connectivity index (χ1n) is 11.9. The summed E-state index contributed by atoms with van der Waals surface area (Å²) in [5, 5.41) is 3.20. The van der Waals surface area contributed by atoms with Gasteiger partial charge in [0.1, 0.15) is 6.04 Å². The minimum atomic E-state index is -0.554. The first-order chi connectivity index (χ1) is 16.0. The predicted octanol–water partition coefficient (Wildman–Crippen LogP) is 4.64. The van der Waals surface area contributed by atoms with Crippen LogP contribution in [0.2, 0.25) is 0 Å². The van der Waals surface area contributed by atoms with Crippen molar-refractivity contribution in [1.82, 2.24) is 10.2 Å². The van der Waals surface area contributed by atoms with E-state index in [0.717, 1.165) is 36.8 Å². The van der Waals surface area contributed by atoms with Crippen LogP contribution in [0.3, 0.4) is 0 Å². The number of methoxy groups -OCH3 is 1. The molecule has 33 heavy (non-hydrogen) atoms. The number of carbonyl (C=O) groups is 2. The molecule has 0 aromatic heterocycles. The highest BCUT2D eigenvalue weighted by molar-refractivity contribution is 5.88. The average molecular weight is 453 g/mol. The van der Waals surface area contributed by atoms with E-state index in [-0.39, 0.29) is 24.5 Å². The molecule has 0 radical (unpaired) electrons. The monoisotopic (exact) mass is 452 g/mol. The van der Waals surface area contributed by atoms with Crippen molar-refractivity contribution in [3.63, 3.8) is 0 Å². The zero-order chi connectivity index (χ0) is 23.6. The van der Waals surface area contributed by atoms with Crippen LogP contribution in [0.1, 0.15) is 56.6 Å². The molecule has 1 fully saturated rings. The van der Waals surface area contributed by atoms with Crippen LogP contribution in [0.5, 0.6) is 11.5 Å². The molecule has 0 saturated heterocycles. The molecule has 1 saturated carbocycles. The Labute approximate surface area is 197 Å². The van der Waals surface area contributed by atoms with Crippen LogP contribution in [0, 0.1) is 6.92 Å². The lowest BCUT2D eigenvalue weighted by Crippen LogP contribution is -2.52. The van der Waals surface area contributed by atoms with Crippen LogP contribution in [0.25, 0.3) is 0 Å². The second-order valence-electron chi connectivity index (χ2n) is 8.71. The van der Waals surface area contributed by atoms with Crippen LogP contribution in [-0.2, 0) is 16.1 Å². The lowest BCUT2D eigenvalue weighted by Gasteiger charge is -2.32. The molecule has 0 unspecified atom stereocenters. The van der Waals surface area contributed by atoms with Gasteiger partial charge in [0, 0.05) is 12.6 Å². The maximum absolute atomic E-state index is 13.4. The van der Waals surface area contributed by atoms with Gasteiger partial charge in [0.05, 0.1) is 7.11 Å². The molecule has 2 amide bonds. The first-order valence-corrected chi connectivity index (χ1v) is 11.9. The largest absolute Gasteiger partial charge is 0.493 e. The van der Waals surface area contributed by atoms with Gasteiger partial charge in [-0.25, -0.2) is 0 Å². The van der Waals surface area contributed by atoms with Gasteiger partial charge in [-0.15, -0.1) is 0 Å².